The fourth-order valence-electron chi connectivity index (χ4n) is 0.494. The van der Waals surface area contributed by atoms with Crippen molar-refractivity contribution < 1.29 is 9.53 Å². The van der Waals surface area contributed by atoms with Crippen molar-refractivity contribution in [2.45, 2.75) is 9.71 Å². The summed E-state index contributed by atoms with van der Waals surface area (Å²) in [5, 5.41) is -1.52. The monoisotopic (exact) mass is 318 g/mol. The Morgan fingerprint density at radius 1 is 1.29 bits per heavy atom. The molecule has 0 aliphatic rings. The van der Waals surface area contributed by atoms with Crippen LogP contribution >= 0.6 is 69.6 Å². The van der Waals surface area contributed by atoms with Crippen molar-refractivity contribution in [1.82, 2.24) is 0 Å². The topological polar surface area (TPSA) is 26.3 Å². The number of hydrogen-bond donors (Lipinski definition) is 0. The first-order valence-electron chi connectivity index (χ1n) is 3.06. The molecule has 0 aromatic rings. The molecule has 0 spiro atoms. The van der Waals surface area contributed by atoms with E-state index in [0.717, 1.165) is 7.11 Å². The molecule has 0 aliphatic heterocycles. The van der Waals surface area contributed by atoms with E-state index in [1.54, 1.807) is 0 Å². The van der Waals surface area contributed by atoms with Gasteiger partial charge in [0.1, 0.15) is 9.87 Å². The summed E-state index contributed by atoms with van der Waals surface area (Å²) in [6, 6.07) is 0. The van der Waals surface area contributed by atoms with Crippen LogP contribution in [0.5, 0.6) is 0 Å². The van der Waals surface area contributed by atoms with Gasteiger partial charge in [-0.05, 0) is 0 Å². The van der Waals surface area contributed by atoms with Crippen LogP contribution in [0.1, 0.15) is 0 Å². The van der Waals surface area contributed by atoms with E-state index in [-0.39, 0.29) is 9.52 Å². The molecule has 0 aromatic carbocycles. The number of ether oxygens (including phenoxy) is 1. The van der Waals surface area contributed by atoms with Crippen molar-refractivity contribution in [3.8, 4) is 0 Å². The maximum Gasteiger partial charge on any atom is 0.344 e. The molecule has 0 heterocycles. The van der Waals surface area contributed by atoms with Gasteiger partial charge < -0.3 is 4.74 Å². The van der Waals surface area contributed by atoms with E-state index in [9.17, 15) is 4.79 Å². The molecule has 2 nitrogen and oxygen atoms in total. The van der Waals surface area contributed by atoms with E-state index in [1.807, 2.05) is 0 Å². The molecule has 0 fully saturated rings. The smallest absolute Gasteiger partial charge is 0.344 e. The van der Waals surface area contributed by atoms with Gasteiger partial charge >= 0.3 is 5.97 Å². The van der Waals surface area contributed by atoms with Crippen LogP contribution in [0.2, 0.25) is 0 Å². The van der Waals surface area contributed by atoms with Crippen LogP contribution in [0.4, 0.5) is 0 Å². The Bertz CT molecular complexity index is 257. The number of hydrogen-bond acceptors (Lipinski definition) is 2. The van der Waals surface area contributed by atoms with Crippen LogP contribution in [0.15, 0.2) is 9.52 Å². The Balaban J connectivity index is 4.93. The highest BCUT2D eigenvalue weighted by molar-refractivity contribution is 6.65. The maximum absolute atomic E-state index is 11.1. The third-order valence-electron chi connectivity index (χ3n) is 1.18. The first kappa shape index (κ1) is 14.9. The first-order valence-corrected chi connectivity index (χ1v) is 5.38. The molecule has 0 bridgehead atoms. The Kier molecular flexibility index (Phi) is 6.28. The summed E-state index contributed by atoms with van der Waals surface area (Å²) in [5.74, 6) is -0.950. The zero-order chi connectivity index (χ0) is 11.5. The van der Waals surface area contributed by atoms with E-state index < -0.39 is 15.7 Å². The van der Waals surface area contributed by atoms with Crippen LogP contribution in [0.25, 0.3) is 0 Å². The van der Waals surface area contributed by atoms with Crippen molar-refractivity contribution >= 4 is 75.6 Å². The Morgan fingerprint density at radius 3 is 2.00 bits per heavy atom. The summed E-state index contributed by atoms with van der Waals surface area (Å²) in [7, 11) is 1.10. The van der Waals surface area contributed by atoms with Gasteiger partial charge in [-0.3, -0.25) is 0 Å². The molecule has 14 heavy (non-hydrogen) atoms. The lowest BCUT2D eigenvalue weighted by Gasteiger charge is -2.21. The summed E-state index contributed by atoms with van der Waals surface area (Å²) in [6.45, 7) is 0. The van der Waals surface area contributed by atoms with E-state index >= 15 is 0 Å². The third-order valence-corrected chi connectivity index (χ3v) is 3.81. The average Bonchev–Trinajstić information content (AvgIpc) is 2.13. The summed E-state index contributed by atoms with van der Waals surface area (Å²) in [6.07, 6.45) is 0. The van der Waals surface area contributed by atoms with Crippen molar-refractivity contribution in [2.75, 3.05) is 7.11 Å². The molecule has 0 saturated heterocycles. The van der Waals surface area contributed by atoms with Crippen molar-refractivity contribution in [3.63, 3.8) is 0 Å². The standard InChI is InChI=1S/C6H4Cl6O2/c1-14-5(13)6(11,12)3(8)2(7)4(9)10/h3H,1H3/t3-/m0/s1. The highest BCUT2D eigenvalue weighted by Gasteiger charge is 2.45. The van der Waals surface area contributed by atoms with Gasteiger partial charge in [0.05, 0.1) is 12.1 Å². The van der Waals surface area contributed by atoms with Gasteiger partial charge in [-0.25, -0.2) is 4.79 Å². The predicted octanol–water partition coefficient (Wildman–Crippen LogP) is 3.83. The second kappa shape index (κ2) is 5.88. The number of halogens is 6. The van der Waals surface area contributed by atoms with E-state index in [1.165, 1.54) is 0 Å². The van der Waals surface area contributed by atoms with E-state index in [2.05, 4.69) is 4.74 Å². The van der Waals surface area contributed by atoms with Gasteiger partial charge in [-0.15, -0.1) is 11.6 Å². The minimum Gasteiger partial charge on any atom is -0.467 e. The zero-order valence-corrected chi connectivity index (χ0v) is 11.2. The average molecular weight is 321 g/mol. The number of carbonyl (C=O) groups is 1. The molecule has 82 valence electrons. The molecular formula is C6H4Cl6O2. The number of alkyl halides is 3. The number of methoxy groups -OCH3 is 1. The van der Waals surface area contributed by atoms with Crippen LogP contribution in [0, 0.1) is 0 Å². The van der Waals surface area contributed by atoms with Crippen LogP contribution in [-0.4, -0.2) is 22.8 Å². The number of carbonyl (C=O) groups excluding carboxylic acids is 1. The zero-order valence-electron chi connectivity index (χ0n) is 6.66. The second-order valence-corrected chi connectivity index (χ2v) is 5.26. The molecule has 0 saturated carbocycles. The molecular weight excluding hydrogens is 317 g/mol. The van der Waals surface area contributed by atoms with E-state index in [0.29, 0.717) is 0 Å². The fraction of sp³-hybridized carbons (Fsp3) is 0.500. The second-order valence-electron chi connectivity index (χ2n) is 2.09. The van der Waals surface area contributed by atoms with Crippen molar-refractivity contribution in [3.05, 3.63) is 9.52 Å². The summed E-state index contributed by atoms with van der Waals surface area (Å²) in [5.41, 5.74) is 0. The van der Waals surface area contributed by atoms with Crippen LogP contribution in [-0.2, 0) is 9.53 Å². The Morgan fingerprint density at radius 2 is 1.71 bits per heavy atom. The lowest BCUT2D eigenvalue weighted by molar-refractivity contribution is -0.141. The highest BCUT2D eigenvalue weighted by atomic mass is 35.5. The maximum atomic E-state index is 11.1. The number of esters is 1. The van der Waals surface area contributed by atoms with Crippen LogP contribution < -0.4 is 0 Å². The van der Waals surface area contributed by atoms with Gasteiger partial charge in [0, 0.05) is 0 Å². The normalized spacial score (nSPS) is 13.4. The van der Waals surface area contributed by atoms with E-state index in [4.69, 9.17) is 69.6 Å². The lowest BCUT2D eigenvalue weighted by atomic mass is 10.3. The minimum absolute atomic E-state index is 0.231. The molecule has 0 unspecified atom stereocenters. The quantitative estimate of drug-likeness (QED) is 0.583. The highest BCUT2D eigenvalue weighted by Crippen LogP contribution is 2.39. The Labute approximate surface area is 111 Å². The number of rotatable bonds is 3. The summed E-state index contributed by atoms with van der Waals surface area (Å²) in [4.78, 5) is 11.1. The van der Waals surface area contributed by atoms with Gasteiger partial charge in [0.15, 0.2) is 0 Å². The Hall–Kier alpha value is 0.950. The van der Waals surface area contributed by atoms with Gasteiger partial charge in [0.25, 0.3) is 0 Å². The van der Waals surface area contributed by atoms with Crippen molar-refractivity contribution in [2.24, 2.45) is 0 Å². The molecule has 0 aromatic heterocycles. The third kappa shape index (κ3) is 3.51. The molecule has 0 amide bonds. The van der Waals surface area contributed by atoms with Crippen LogP contribution in [0.3, 0.4) is 0 Å². The molecule has 0 aliphatic carbocycles. The van der Waals surface area contributed by atoms with Gasteiger partial charge in [-0.1, -0.05) is 58.0 Å². The molecule has 0 radical (unpaired) electrons. The molecule has 0 rings (SSSR count). The molecule has 0 N–H and O–H groups in total. The predicted molar refractivity (Wildman–Crippen MR) is 60.7 cm³/mol. The van der Waals surface area contributed by atoms with Gasteiger partial charge in [0.2, 0.25) is 4.33 Å². The summed E-state index contributed by atoms with van der Waals surface area (Å²) < 4.78 is 1.95. The minimum atomic E-state index is -2.04. The molecule has 8 heteroatoms. The van der Waals surface area contributed by atoms with Gasteiger partial charge in [-0.2, -0.15) is 0 Å². The van der Waals surface area contributed by atoms with Crippen molar-refractivity contribution in [1.29, 1.82) is 0 Å². The largest absolute Gasteiger partial charge is 0.467 e. The number of allylic oxidation sites excluding steroid dienone is 1. The summed E-state index contributed by atoms with van der Waals surface area (Å²) >= 11 is 33.1. The first-order chi connectivity index (χ1) is 6.25. The lowest BCUT2D eigenvalue weighted by Crippen LogP contribution is -2.37. The fourth-order valence-corrected chi connectivity index (χ4v) is 1.67. The molecule has 1 atom stereocenters. The SMILES string of the molecule is COC(=O)C(Cl)(Cl)[C@@H](Cl)C(Cl)=C(Cl)Cl.